The van der Waals surface area contributed by atoms with Crippen molar-refractivity contribution >= 4 is 45.1 Å². The Kier molecular flexibility index (Phi) is 14.4. The van der Waals surface area contributed by atoms with Crippen molar-refractivity contribution in [2.75, 3.05) is 37.3 Å². The first-order chi connectivity index (χ1) is 21.4. The molecule has 0 saturated carbocycles. The van der Waals surface area contributed by atoms with E-state index in [-0.39, 0.29) is 6.61 Å². The number of hydrogen-bond acceptors (Lipinski definition) is 11. The van der Waals surface area contributed by atoms with Crippen molar-refractivity contribution in [2.45, 2.75) is 92.3 Å². The number of phosphoric acid groups is 1. The molecular formula is C29H45F3N3O8PS3. The van der Waals surface area contributed by atoms with Gasteiger partial charge < -0.3 is 10.2 Å². The Morgan fingerprint density at radius 2 is 1.51 bits per heavy atom. The van der Waals surface area contributed by atoms with Gasteiger partial charge in [-0.3, -0.25) is 13.6 Å². The van der Waals surface area contributed by atoms with E-state index in [1.165, 1.54) is 11.8 Å². The molecule has 2 aromatic rings. The minimum absolute atomic E-state index is 0.0167. The van der Waals surface area contributed by atoms with Crippen molar-refractivity contribution in [3.05, 3.63) is 48.5 Å². The lowest BCUT2D eigenvalue weighted by Crippen LogP contribution is -2.34. The summed E-state index contributed by atoms with van der Waals surface area (Å²) in [4.78, 5) is 0.806. The molecule has 0 bridgehead atoms. The van der Waals surface area contributed by atoms with E-state index in [4.69, 9.17) is 18.7 Å². The number of likely N-dealkylation sites (N-methyl/N-ethyl adjacent to an activating group) is 1. The monoisotopic (exact) mass is 747 g/mol. The number of nitrogens with one attached hydrogen (secondary N) is 1. The van der Waals surface area contributed by atoms with Crippen LogP contribution in [0.2, 0.25) is 0 Å². The largest absolute Gasteiger partial charge is 0.501 e. The quantitative estimate of drug-likeness (QED) is 0.132. The second-order valence-corrected chi connectivity index (χ2v) is 18.6. The first kappa shape index (κ1) is 41.5. The second-order valence-electron chi connectivity index (χ2n) is 12.5. The Hall–Kier alpha value is -1.69. The van der Waals surface area contributed by atoms with E-state index in [1.54, 1.807) is 41.5 Å². The van der Waals surface area contributed by atoms with Crippen LogP contribution in [0.25, 0.3) is 0 Å². The van der Waals surface area contributed by atoms with Gasteiger partial charge in [0, 0.05) is 29.8 Å². The summed E-state index contributed by atoms with van der Waals surface area (Å²) >= 11 is 1.40. The van der Waals surface area contributed by atoms with Gasteiger partial charge in [0.15, 0.2) is 0 Å². The number of rotatable bonds is 17. The lowest BCUT2D eigenvalue weighted by atomic mass is 10.2. The van der Waals surface area contributed by atoms with Crippen LogP contribution in [0.3, 0.4) is 0 Å². The normalized spacial score (nSPS) is 14.4. The lowest BCUT2D eigenvalue weighted by Gasteiger charge is -2.31. The number of nitrogens with zero attached hydrogens (tertiary/aromatic N) is 1. The zero-order valence-corrected chi connectivity index (χ0v) is 30.9. The van der Waals surface area contributed by atoms with Gasteiger partial charge in [-0.1, -0.05) is 25.1 Å². The fourth-order valence-corrected chi connectivity index (χ4v) is 8.41. The van der Waals surface area contributed by atoms with E-state index in [9.17, 15) is 34.6 Å². The minimum Gasteiger partial charge on any atom is -0.380 e. The average molecular weight is 748 g/mol. The molecule has 0 radical (unpaired) electrons. The molecule has 47 heavy (non-hydrogen) atoms. The van der Waals surface area contributed by atoms with Crippen molar-refractivity contribution in [1.82, 2.24) is 4.90 Å². The van der Waals surface area contributed by atoms with Gasteiger partial charge in [-0.15, -0.1) is 11.8 Å². The summed E-state index contributed by atoms with van der Waals surface area (Å²) in [5.74, 6) is 0.314. The van der Waals surface area contributed by atoms with E-state index in [2.05, 4.69) is 5.32 Å². The Morgan fingerprint density at radius 3 is 2.00 bits per heavy atom. The summed E-state index contributed by atoms with van der Waals surface area (Å²) in [7, 11) is -14.4. The molecule has 0 aliphatic carbocycles. The number of sulfone groups is 1. The van der Waals surface area contributed by atoms with Crippen LogP contribution in [0.15, 0.2) is 63.2 Å². The smallest absolute Gasteiger partial charge is 0.380 e. The highest BCUT2D eigenvalue weighted by molar-refractivity contribution is 7.99. The van der Waals surface area contributed by atoms with Crippen LogP contribution >= 0.6 is 19.6 Å². The number of benzene rings is 2. The fraction of sp³-hybridized carbons (Fsp3) is 0.586. The summed E-state index contributed by atoms with van der Waals surface area (Å²) in [5.41, 5.74) is -7.74. The Balaban J connectivity index is 2.32. The Bertz CT molecular complexity index is 1560. The Labute approximate surface area is 280 Å². The molecule has 11 nitrogen and oxygen atoms in total. The number of thioether (sulfide) groups is 1. The van der Waals surface area contributed by atoms with Crippen LogP contribution in [0.5, 0.6) is 0 Å². The van der Waals surface area contributed by atoms with E-state index in [0.29, 0.717) is 37.9 Å². The molecule has 0 fully saturated rings. The molecule has 0 saturated heterocycles. The average Bonchev–Trinajstić information content (AvgIpc) is 2.90. The number of alkyl halides is 3. The third-order valence-electron chi connectivity index (χ3n) is 6.10. The van der Waals surface area contributed by atoms with Gasteiger partial charge in [0.05, 0.1) is 28.4 Å². The predicted molar refractivity (Wildman–Crippen MR) is 178 cm³/mol. The summed E-state index contributed by atoms with van der Waals surface area (Å²) in [6.45, 7) is 13.4. The highest BCUT2D eigenvalue weighted by Gasteiger charge is 2.48. The van der Waals surface area contributed by atoms with Crippen LogP contribution < -0.4 is 10.5 Å². The topological polar surface area (TPSA) is 154 Å². The maximum absolute atomic E-state index is 13.7. The van der Waals surface area contributed by atoms with Gasteiger partial charge in [0.1, 0.15) is 4.90 Å². The Morgan fingerprint density at radius 1 is 0.936 bits per heavy atom. The van der Waals surface area contributed by atoms with Crippen molar-refractivity contribution in [1.29, 1.82) is 0 Å². The molecule has 268 valence electrons. The molecule has 3 N–H and O–H groups in total. The van der Waals surface area contributed by atoms with E-state index in [1.807, 2.05) is 42.2 Å². The molecule has 0 aliphatic rings. The van der Waals surface area contributed by atoms with Crippen molar-refractivity contribution in [2.24, 2.45) is 5.14 Å². The number of nitrogens with two attached hydrogens (primary N) is 1. The van der Waals surface area contributed by atoms with E-state index in [0.717, 1.165) is 17.0 Å². The van der Waals surface area contributed by atoms with Gasteiger partial charge in [-0.05, 0) is 84.8 Å². The fourth-order valence-electron chi connectivity index (χ4n) is 4.07. The predicted octanol–water partition coefficient (Wildman–Crippen LogP) is 6.67. The summed E-state index contributed by atoms with van der Waals surface area (Å²) in [6.07, 6.45) is 0.324. The highest BCUT2D eigenvalue weighted by atomic mass is 32.2. The van der Waals surface area contributed by atoms with Gasteiger partial charge in [-0.25, -0.2) is 26.5 Å². The number of anilines is 1. The zero-order valence-electron chi connectivity index (χ0n) is 27.5. The first-order valence-corrected chi connectivity index (χ1v) is 20.1. The maximum Gasteiger partial charge on any atom is 0.501 e. The van der Waals surface area contributed by atoms with Crippen LogP contribution in [-0.2, 0) is 38.0 Å². The highest BCUT2D eigenvalue weighted by Crippen LogP contribution is 2.55. The van der Waals surface area contributed by atoms with Crippen molar-refractivity contribution < 1.29 is 48.1 Å². The number of hydrogen-bond donors (Lipinski definition) is 2. The molecular weight excluding hydrogens is 703 g/mol. The summed E-state index contributed by atoms with van der Waals surface area (Å²) in [5, 5.41) is 8.00. The van der Waals surface area contributed by atoms with Gasteiger partial charge in [0.2, 0.25) is 10.0 Å². The molecule has 2 rings (SSSR count). The van der Waals surface area contributed by atoms with Gasteiger partial charge in [-0.2, -0.15) is 13.2 Å². The third-order valence-corrected chi connectivity index (χ3v) is 11.8. The first-order valence-electron chi connectivity index (χ1n) is 14.7. The maximum atomic E-state index is 13.7. The number of phosphoric ester groups is 1. The molecule has 1 atom stereocenters. The second kappa shape index (κ2) is 16.3. The van der Waals surface area contributed by atoms with E-state index < -0.39 is 65.9 Å². The van der Waals surface area contributed by atoms with Gasteiger partial charge in [0.25, 0.3) is 9.84 Å². The van der Waals surface area contributed by atoms with Crippen LogP contribution in [0.1, 0.15) is 54.9 Å². The number of sulfonamides is 1. The lowest BCUT2D eigenvalue weighted by molar-refractivity contribution is -0.0436. The van der Waals surface area contributed by atoms with Crippen LogP contribution in [0.4, 0.5) is 18.9 Å². The SMILES string of the molecule is CCN(CCOP(=O)(OC(C)(C)C)OC(C)(C)C)CCC(CSc1ccccc1)Nc1ccc(S(N)(=O)=O)cc1S(=O)(=O)C(F)(F)F. The van der Waals surface area contributed by atoms with E-state index >= 15 is 0 Å². The standard InChI is InChI=1S/C29H45F3N3O8PS3/c1-8-35(18-19-41-44(36,42-27(2,3)4)43-28(5,6)7)17-16-22(21-45-23-12-10-9-11-13-23)34-25-15-14-24(47(33,39)40)20-26(25)46(37,38)29(30,31)32/h9-15,20,22,34H,8,16-19,21H2,1-7H3,(H2,33,39,40). The molecule has 2 aromatic carbocycles. The van der Waals surface area contributed by atoms with Crippen molar-refractivity contribution in [3.8, 4) is 0 Å². The molecule has 0 amide bonds. The molecule has 0 heterocycles. The van der Waals surface area contributed by atoms with Crippen LogP contribution in [-0.4, -0.2) is 76.5 Å². The number of halogens is 3. The molecule has 0 spiro atoms. The van der Waals surface area contributed by atoms with Crippen molar-refractivity contribution in [3.63, 3.8) is 0 Å². The molecule has 1 unspecified atom stereocenters. The summed E-state index contributed by atoms with van der Waals surface area (Å²) < 4.78 is 120. The number of primary sulfonamides is 1. The molecule has 0 aliphatic heterocycles. The molecule has 18 heteroatoms. The summed E-state index contributed by atoms with van der Waals surface area (Å²) in [6, 6.07) is 10.9. The molecule has 0 aromatic heterocycles. The minimum atomic E-state index is -5.96. The third kappa shape index (κ3) is 14.0. The van der Waals surface area contributed by atoms with Crippen LogP contribution in [0, 0.1) is 0 Å². The van der Waals surface area contributed by atoms with Gasteiger partial charge >= 0.3 is 13.3 Å². The zero-order chi connectivity index (χ0) is 35.9.